The van der Waals surface area contributed by atoms with E-state index < -0.39 is 12.1 Å². The Labute approximate surface area is 188 Å². The van der Waals surface area contributed by atoms with Crippen LogP contribution in [0.2, 0.25) is 0 Å². The molecule has 0 unspecified atom stereocenters. The molecule has 2 amide bonds. The molecule has 1 atom stereocenters. The van der Waals surface area contributed by atoms with Crippen LogP contribution in [0.5, 0.6) is 5.75 Å². The number of rotatable bonds is 4. The molecule has 1 fully saturated rings. The Balaban J connectivity index is 1.34. The molecule has 164 valence electrons. The lowest BCUT2D eigenvalue weighted by Crippen LogP contribution is -2.56. The van der Waals surface area contributed by atoms with E-state index in [1.54, 1.807) is 19.3 Å². The van der Waals surface area contributed by atoms with Crippen LogP contribution >= 0.6 is 0 Å². The van der Waals surface area contributed by atoms with Gasteiger partial charge in [-0.2, -0.15) is 5.26 Å². The van der Waals surface area contributed by atoms with E-state index in [1.165, 1.54) is 11.1 Å². The average molecular weight is 441 g/mol. The van der Waals surface area contributed by atoms with Gasteiger partial charge in [-0.05, 0) is 18.4 Å². The number of pyridine rings is 1. The van der Waals surface area contributed by atoms with E-state index in [0.29, 0.717) is 35.6 Å². The molecule has 0 spiro atoms. The number of nitriles is 1. The van der Waals surface area contributed by atoms with Gasteiger partial charge in [-0.15, -0.1) is 0 Å². The number of aromatic amines is 1. The van der Waals surface area contributed by atoms with Gasteiger partial charge in [0.05, 0.1) is 23.9 Å². The van der Waals surface area contributed by atoms with Crippen molar-refractivity contribution in [3.05, 3.63) is 48.9 Å². The summed E-state index contributed by atoms with van der Waals surface area (Å²) in [6.07, 6.45) is 4.02. The van der Waals surface area contributed by atoms with Gasteiger partial charge < -0.3 is 19.9 Å². The van der Waals surface area contributed by atoms with E-state index in [2.05, 4.69) is 31.3 Å². The fourth-order valence-electron chi connectivity index (χ4n) is 3.77. The summed E-state index contributed by atoms with van der Waals surface area (Å²) in [4.78, 5) is 42.7. The van der Waals surface area contributed by atoms with Crippen LogP contribution in [0, 0.1) is 17.2 Å². The number of carbonyl (C=O) groups excluding carboxylic acids is 2. The number of carbonyl (C=O) groups is 2. The van der Waals surface area contributed by atoms with Crippen LogP contribution in [-0.4, -0.2) is 56.0 Å². The van der Waals surface area contributed by atoms with Crippen LogP contribution in [0.4, 0.5) is 4.79 Å². The van der Waals surface area contributed by atoms with Gasteiger partial charge in [0, 0.05) is 30.9 Å². The SMILES string of the molecule is C[C@@H](NC(=O)Oc1c[nH]c2ncc(-c3nccc4ccccc34)nc12)C(=O)N1CC(C#N)C1. The molecular weight excluding hydrogens is 422 g/mol. The largest absolute Gasteiger partial charge is 0.413 e. The summed E-state index contributed by atoms with van der Waals surface area (Å²) in [7, 11) is 0. The lowest BCUT2D eigenvalue weighted by molar-refractivity contribution is -0.137. The number of ether oxygens (including phenoxy) is 1. The highest BCUT2D eigenvalue weighted by Crippen LogP contribution is 2.28. The third kappa shape index (κ3) is 3.80. The molecule has 4 heterocycles. The minimum absolute atomic E-state index is 0.150. The van der Waals surface area contributed by atoms with Crippen LogP contribution in [-0.2, 0) is 4.79 Å². The molecule has 1 aromatic carbocycles. The minimum Gasteiger partial charge on any atom is -0.406 e. The van der Waals surface area contributed by atoms with E-state index in [-0.39, 0.29) is 17.6 Å². The van der Waals surface area contributed by atoms with Gasteiger partial charge in [-0.3, -0.25) is 9.78 Å². The average Bonchev–Trinajstić information content (AvgIpc) is 3.19. The number of fused-ring (bicyclic) bond motifs is 2. The van der Waals surface area contributed by atoms with Crippen molar-refractivity contribution >= 4 is 33.9 Å². The predicted molar refractivity (Wildman–Crippen MR) is 119 cm³/mol. The van der Waals surface area contributed by atoms with Gasteiger partial charge in [-0.25, -0.2) is 14.8 Å². The highest BCUT2D eigenvalue weighted by atomic mass is 16.6. The summed E-state index contributed by atoms with van der Waals surface area (Å²) in [5.41, 5.74) is 2.03. The standard InChI is InChI=1S/C23H19N7O3/c1-13(22(31)30-11-14(8-24)12-30)28-23(32)33-18-10-27-21-20(18)29-17(9-26-21)19-16-5-3-2-4-15(16)6-7-25-19/h2-7,9-10,13-14H,11-12H2,1H3,(H,26,27)(H,28,32)/t13-/m1/s1. The number of likely N-dealkylation sites (tertiary alicyclic amines) is 1. The molecule has 0 radical (unpaired) electrons. The molecule has 1 aliphatic heterocycles. The Morgan fingerprint density at radius 1 is 1.27 bits per heavy atom. The summed E-state index contributed by atoms with van der Waals surface area (Å²) in [5, 5.41) is 13.3. The van der Waals surface area contributed by atoms with Gasteiger partial charge >= 0.3 is 6.09 Å². The molecular formula is C23H19N7O3. The van der Waals surface area contributed by atoms with Crippen LogP contribution in [0.25, 0.3) is 33.3 Å². The number of amides is 2. The number of H-pyrrole nitrogens is 1. The molecule has 3 aromatic heterocycles. The van der Waals surface area contributed by atoms with E-state index >= 15 is 0 Å². The van der Waals surface area contributed by atoms with Crippen molar-refractivity contribution in [2.45, 2.75) is 13.0 Å². The smallest absolute Gasteiger partial charge is 0.406 e. The predicted octanol–water partition coefficient (Wildman–Crippen LogP) is 2.63. The molecule has 5 rings (SSSR count). The molecule has 4 aromatic rings. The zero-order valence-corrected chi connectivity index (χ0v) is 17.6. The summed E-state index contributed by atoms with van der Waals surface area (Å²) in [6, 6.07) is 11.1. The van der Waals surface area contributed by atoms with Crippen molar-refractivity contribution in [2.24, 2.45) is 5.92 Å². The zero-order valence-electron chi connectivity index (χ0n) is 17.6. The number of benzene rings is 1. The normalized spacial score (nSPS) is 14.5. The maximum atomic E-state index is 12.4. The van der Waals surface area contributed by atoms with Crippen molar-refractivity contribution in [3.8, 4) is 23.2 Å². The maximum absolute atomic E-state index is 12.4. The molecule has 33 heavy (non-hydrogen) atoms. The third-order valence-electron chi connectivity index (χ3n) is 5.55. The van der Waals surface area contributed by atoms with Gasteiger partial charge in [0.25, 0.3) is 0 Å². The first-order chi connectivity index (χ1) is 16.0. The first-order valence-electron chi connectivity index (χ1n) is 10.4. The topological polar surface area (TPSA) is 137 Å². The van der Waals surface area contributed by atoms with Gasteiger partial charge in [0.2, 0.25) is 5.91 Å². The molecule has 0 saturated carbocycles. The van der Waals surface area contributed by atoms with E-state index in [9.17, 15) is 9.59 Å². The Kier molecular flexibility index (Phi) is 5.06. The van der Waals surface area contributed by atoms with Crippen LogP contribution in [0.1, 0.15) is 6.92 Å². The second kappa shape index (κ2) is 8.20. The van der Waals surface area contributed by atoms with Gasteiger partial charge in [0.15, 0.2) is 16.9 Å². The van der Waals surface area contributed by atoms with Crippen molar-refractivity contribution in [3.63, 3.8) is 0 Å². The zero-order chi connectivity index (χ0) is 22.9. The third-order valence-corrected chi connectivity index (χ3v) is 5.55. The molecule has 2 N–H and O–H groups in total. The maximum Gasteiger partial charge on any atom is 0.413 e. The summed E-state index contributed by atoms with van der Waals surface area (Å²) >= 11 is 0. The molecule has 0 bridgehead atoms. The molecule has 10 nitrogen and oxygen atoms in total. The summed E-state index contributed by atoms with van der Waals surface area (Å²) in [5.74, 6) is -0.227. The highest BCUT2D eigenvalue weighted by molar-refractivity contribution is 5.94. The summed E-state index contributed by atoms with van der Waals surface area (Å²) in [6.45, 7) is 2.32. The Morgan fingerprint density at radius 2 is 2.09 bits per heavy atom. The number of nitrogens with zero attached hydrogens (tertiary/aromatic N) is 5. The Morgan fingerprint density at radius 3 is 2.91 bits per heavy atom. The fraction of sp³-hybridized carbons (Fsp3) is 0.217. The number of hydrogen-bond donors (Lipinski definition) is 2. The van der Waals surface area contributed by atoms with Gasteiger partial charge in [0.1, 0.15) is 11.7 Å². The Hall–Kier alpha value is -4.52. The molecule has 1 aliphatic rings. The lowest BCUT2D eigenvalue weighted by atomic mass is 10.0. The quantitative estimate of drug-likeness (QED) is 0.497. The monoisotopic (exact) mass is 441 g/mol. The molecule has 10 heteroatoms. The van der Waals surface area contributed by atoms with Crippen molar-refractivity contribution in [1.29, 1.82) is 5.26 Å². The lowest BCUT2D eigenvalue weighted by Gasteiger charge is -2.36. The van der Waals surface area contributed by atoms with Crippen LogP contribution in [0.15, 0.2) is 48.9 Å². The van der Waals surface area contributed by atoms with Crippen LogP contribution < -0.4 is 10.1 Å². The van der Waals surface area contributed by atoms with Crippen molar-refractivity contribution in [1.82, 2.24) is 30.2 Å². The molecule has 1 saturated heterocycles. The van der Waals surface area contributed by atoms with Crippen molar-refractivity contribution < 1.29 is 14.3 Å². The summed E-state index contributed by atoms with van der Waals surface area (Å²) < 4.78 is 5.41. The van der Waals surface area contributed by atoms with E-state index in [1.807, 2.05) is 30.3 Å². The second-order valence-electron chi connectivity index (χ2n) is 7.81. The molecule has 0 aliphatic carbocycles. The number of aromatic nitrogens is 4. The minimum atomic E-state index is -0.788. The highest BCUT2D eigenvalue weighted by Gasteiger charge is 2.33. The van der Waals surface area contributed by atoms with Crippen LogP contribution in [0.3, 0.4) is 0 Å². The number of hydrogen-bond acceptors (Lipinski definition) is 7. The number of nitrogens with one attached hydrogen (secondary N) is 2. The van der Waals surface area contributed by atoms with E-state index in [4.69, 9.17) is 10.00 Å². The second-order valence-corrected chi connectivity index (χ2v) is 7.81. The fourth-order valence-corrected chi connectivity index (χ4v) is 3.77. The van der Waals surface area contributed by atoms with Crippen molar-refractivity contribution in [2.75, 3.05) is 13.1 Å². The first-order valence-corrected chi connectivity index (χ1v) is 10.4. The first kappa shape index (κ1) is 20.4. The van der Waals surface area contributed by atoms with Gasteiger partial charge in [-0.1, -0.05) is 24.3 Å². The Bertz CT molecular complexity index is 1410. The van der Waals surface area contributed by atoms with E-state index in [0.717, 1.165) is 10.8 Å².